The molecule has 1 aromatic heterocycles. The highest BCUT2D eigenvalue weighted by atomic mass is 35.5. The molecule has 3 rings (SSSR count). The number of carbonyl (C=O) groups excluding carboxylic acids is 2. The molecule has 1 aromatic carbocycles. The van der Waals surface area contributed by atoms with Crippen LogP contribution in [-0.4, -0.2) is 21.6 Å². The second-order valence-corrected chi connectivity index (χ2v) is 5.60. The van der Waals surface area contributed by atoms with Gasteiger partial charge in [0.1, 0.15) is 11.6 Å². The molecule has 0 spiro atoms. The van der Waals surface area contributed by atoms with E-state index >= 15 is 0 Å². The molecular weight excluding hydrogens is 361 g/mol. The summed E-state index contributed by atoms with van der Waals surface area (Å²) in [4.78, 5) is 24.8. The van der Waals surface area contributed by atoms with Crippen LogP contribution >= 0.6 is 11.6 Å². The number of aromatic nitrogens is 2. The zero-order valence-corrected chi connectivity index (χ0v) is 13.1. The summed E-state index contributed by atoms with van der Waals surface area (Å²) in [5.41, 5.74) is -1.01. The van der Waals surface area contributed by atoms with Crippen molar-refractivity contribution in [2.24, 2.45) is 0 Å². The Morgan fingerprint density at radius 3 is 2.36 bits per heavy atom. The van der Waals surface area contributed by atoms with E-state index in [0.717, 1.165) is 27.9 Å². The third kappa shape index (κ3) is 2.85. The van der Waals surface area contributed by atoms with Crippen molar-refractivity contribution in [1.29, 1.82) is 5.26 Å². The van der Waals surface area contributed by atoms with Gasteiger partial charge in [-0.1, -0.05) is 11.6 Å². The lowest BCUT2D eigenvalue weighted by Gasteiger charge is -2.17. The Bertz CT molecular complexity index is 914. The maximum absolute atomic E-state index is 12.8. The number of imide groups is 1. The number of carbonyl (C=O) groups is 2. The average Bonchev–Trinajstić information content (AvgIpc) is 3.09. The van der Waals surface area contributed by atoms with E-state index in [0.29, 0.717) is 6.07 Å². The highest BCUT2D eigenvalue weighted by molar-refractivity contribution is 6.32. The van der Waals surface area contributed by atoms with E-state index < -0.39 is 23.6 Å². The van der Waals surface area contributed by atoms with E-state index in [4.69, 9.17) is 11.6 Å². The van der Waals surface area contributed by atoms with Gasteiger partial charge in [0.25, 0.3) is 0 Å². The molecule has 0 N–H and O–H groups in total. The molecule has 1 fully saturated rings. The van der Waals surface area contributed by atoms with Crippen LogP contribution in [0, 0.1) is 11.3 Å². The number of halogens is 4. The highest BCUT2D eigenvalue weighted by Crippen LogP contribution is 2.35. The predicted molar refractivity (Wildman–Crippen MR) is 80.0 cm³/mol. The first kappa shape index (κ1) is 17.0. The van der Waals surface area contributed by atoms with Crippen LogP contribution in [0.5, 0.6) is 0 Å². The van der Waals surface area contributed by atoms with Gasteiger partial charge in [0, 0.05) is 12.8 Å². The Balaban J connectivity index is 2.17. The molecule has 0 saturated carbocycles. The molecule has 0 unspecified atom stereocenters. The fraction of sp³-hybridized carbons (Fsp3) is 0.200. The normalized spacial score (nSPS) is 14.9. The van der Waals surface area contributed by atoms with Crippen LogP contribution in [-0.2, 0) is 15.8 Å². The third-order valence-corrected chi connectivity index (χ3v) is 3.93. The molecule has 2 heterocycles. The first-order valence-electron chi connectivity index (χ1n) is 6.95. The van der Waals surface area contributed by atoms with Crippen molar-refractivity contribution in [3.8, 4) is 11.8 Å². The lowest BCUT2D eigenvalue weighted by molar-refractivity contribution is -0.137. The Kier molecular flexibility index (Phi) is 4.00. The first-order chi connectivity index (χ1) is 11.7. The maximum atomic E-state index is 12.8. The minimum Gasteiger partial charge on any atom is -0.274 e. The molecule has 6 nitrogen and oxygen atoms in total. The maximum Gasteiger partial charge on any atom is 0.416 e. The van der Waals surface area contributed by atoms with E-state index in [2.05, 4.69) is 5.10 Å². The van der Waals surface area contributed by atoms with Crippen molar-refractivity contribution in [2.75, 3.05) is 4.90 Å². The number of nitrogens with zero attached hydrogens (tertiary/aromatic N) is 4. The lowest BCUT2D eigenvalue weighted by atomic mass is 10.2. The van der Waals surface area contributed by atoms with Crippen LogP contribution < -0.4 is 4.90 Å². The van der Waals surface area contributed by atoms with Crippen molar-refractivity contribution in [3.05, 3.63) is 40.5 Å². The SMILES string of the molecule is N#Cc1cnn(-c2ccc(C(F)(F)F)cc2Cl)c1N1C(=O)CCC1=O. The Morgan fingerprint density at radius 2 is 1.84 bits per heavy atom. The summed E-state index contributed by atoms with van der Waals surface area (Å²) in [5, 5.41) is 12.8. The second-order valence-electron chi connectivity index (χ2n) is 5.19. The van der Waals surface area contributed by atoms with Gasteiger partial charge in [-0.2, -0.15) is 23.5 Å². The molecular formula is C15H8ClF3N4O2. The minimum absolute atomic E-state index is 0.0127. The second kappa shape index (κ2) is 5.89. The van der Waals surface area contributed by atoms with Crippen molar-refractivity contribution < 1.29 is 22.8 Å². The van der Waals surface area contributed by atoms with Crippen LogP contribution in [0.3, 0.4) is 0 Å². The smallest absolute Gasteiger partial charge is 0.274 e. The lowest BCUT2D eigenvalue weighted by Crippen LogP contribution is -2.31. The summed E-state index contributed by atoms with van der Waals surface area (Å²) in [6.07, 6.45) is -3.50. The highest BCUT2D eigenvalue weighted by Gasteiger charge is 2.36. The summed E-state index contributed by atoms with van der Waals surface area (Å²) < 4.78 is 39.3. The zero-order valence-electron chi connectivity index (χ0n) is 12.3. The topological polar surface area (TPSA) is 79.0 Å². The summed E-state index contributed by atoms with van der Waals surface area (Å²) in [5.74, 6) is -1.17. The molecule has 0 radical (unpaired) electrons. The van der Waals surface area contributed by atoms with Crippen molar-refractivity contribution in [1.82, 2.24) is 9.78 Å². The van der Waals surface area contributed by atoms with Crippen LogP contribution in [0.25, 0.3) is 5.69 Å². The molecule has 0 atom stereocenters. The Hall–Kier alpha value is -2.86. The first-order valence-corrected chi connectivity index (χ1v) is 7.33. The van der Waals surface area contributed by atoms with Gasteiger partial charge in [-0.15, -0.1) is 0 Å². The number of hydrogen-bond acceptors (Lipinski definition) is 4. The van der Waals surface area contributed by atoms with Crippen LogP contribution in [0.15, 0.2) is 24.4 Å². The van der Waals surface area contributed by atoms with E-state index in [1.165, 1.54) is 0 Å². The molecule has 0 bridgehead atoms. The molecule has 0 aliphatic carbocycles. The van der Waals surface area contributed by atoms with Gasteiger partial charge in [0.15, 0.2) is 5.82 Å². The Morgan fingerprint density at radius 1 is 1.20 bits per heavy atom. The standard InChI is InChI=1S/C15H8ClF3N4O2/c16-10-5-9(15(17,18)19)1-2-11(10)23-14(8(6-20)7-21-23)22-12(24)3-4-13(22)25/h1-2,5,7H,3-4H2. The number of nitriles is 1. The quantitative estimate of drug-likeness (QED) is 0.763. The average molecular weight is 369 g/mol. The van der Waals surface area contributed by atoms with Crippen LogP contribution in [0.1, 0.15) is 24.0 Å². The van der Waals surface area contributed by atoms with E-state index in [9.17, 15) is 28.0 Å². The molecule has 2 aromatic rings. The zero-order chi connectivity index (χ0) is 18.4. The monoisotopic (exact) mass is 368 g/mol. The summed E-state index contributed by atoms with van der Waals surface area (Å²) >= 11 is 5.94. The third-order valence-electron chi connectivity index (χ3n) is 3.63. The van der Waals surface area contributed by atoms with Gasteiger partial charge in [0.05, 0.1) is 22.5 Å². The molecule has 2 amide bonds. The number of amides is 2. The number of alkyl halides is 3. The molecule has 1 aliphatic heterocycles. The molecule has 10 heteroatoms. The van der Waals surface area contributed by atoms with Crippen molar-refractivity contribution in [3.63, 3.8) is 0 Å². The van der Waals surface area contributed by atoms with Crippen molar-refractivity contribution in [2.45, 2.75) is 19.0 Å². The van der Waals surface area contributed by atoms with Gasteiger partial charge in [-0.25, -0.2) is 9.58 Å². The fourth-order valence-electron chi connectivity index (χ4n) is 2.48. The van der Waals surface area contributed by atoms with Crippen LogP contribution in [0.4, 0.5) is 19.0 Å². The number of benzene rings is 1. The van der Waals surface area contributed by atoms with Gasteiger partial charge in [-0.3, -0.25) is 9.59 Å². The minimum atomic E-state index is -4.58. The van der Waals surface area contributed by atoms with Crippen molar-refractivity contribution >= 4 is 29.2 Å². The summed E-state index contributed by atoms with van der Waals surface area (Å²) in [6, 6.07) is 4.38. The molecule has 128 valence electrons. The van der Waals surface area contributed by atoms with Crippen LogP contribution in [0.2, 0.25) is 5.02 Å². The fourth-order valence-corrected chi connectivity index (χ4v) is 2.74. The van der Waals surface area contributed by atoms with Gasteiger partial charge in [0.2, 0.25) is 11.8 Å². The number of hydrogen-bond donors (Lipinski definition) is 0. The largest absolute Gasteiger partial charge is 0.416 e. The Labute approximate surface area is 144 Å². The van der Waals surface area contributed by atoms with E-state index in [1.54, 1.807) is 6.07 Å². The molecule has 1 saturated heterocycles. The summed E-state index contributed by atoms with van der Waals surface area (Å²) in [7, 11) is 0. The summed E-state index contributed by atoms with van der Waals surface area (Å²) in [6.45, 7) is 0. The molecule has 1 aliphatic rings. The van der Waals surface area contributed by atoms with Gasteiger partial charge < -0.3 is 0 Å². The van der Waals surface area contributed by atoms with Gasteiger partial charge in [-0.05, 0) is 18.2 Å². The van der Waals surface area contributed by atoms with E-state index in [-0.39, 0.29) is 34.9 Å². The molecule has 25 heavy (non-hydrogen) atoms. The number of anilines is 1. The van der Waals surface area contributed by atoms with Gasteiger partial charge >= 0.3 is 6.18 Å². The van der Waals surface area contributed by atoms with E-state index in [1.807, 2.05) is 0 Å². The predicted octanol–water partition coefficient (Wildman–Crippen LogP) is 3.07. The number of rotatable bonds is 2.